The van der Waals surface area contributed by atoms with Gasteiger partial charge in [0, 0.05) is 37.8 Å². The molecule has 2 aliphatic rings. The van der Waals surface area contributed by atoms with Crippen molar-refractivity contribution in [3.05, 3.63) is 28.7 Å². The molecule has 0 bridgehead atoms. The Bertz CT molecular complexity index is 908. The van der Waals surface area contributed by atoms with Crippen LogP contribution in [0.3, 0.4) is 0 Å². The quantitative estimate of drug-likeness (QED) is 0.784. The number of aromatic nitrogens is 3. The van der Waals surface area contributed by atoms with Gasteiger partial charge in [0.15, 0.2) is 5.65 Å². The van der Waals surface area contributed by atoms with Crippen LogP contribution in [0.25, 0.3) is 5.65 Å². The molecule has 3 atom stereocenters. The molecular weight excluding hydrogens is 400 g/mol. The molecule has 3 heterocycles. The van der Waals surface area contributed by atoms with Gasteiger partial charge in [-0.1, -0.05) is 18.5 Å². The number of alkyl halides is 2. The molecule has 158 valence electrons. The van der Waals surface area contributed by atoms with Gasteiger partial charge in [0.05, 0.1) is 28.6 Å². The van der Waals surface area contributed by atoms with E-state index in [1.807, 2.05) is 0 Å². The van der Waals surface area contributed by atoms with E-state index in [2.05, 4.69) is 22.3 Å². The lowest BCUT2D eigenvalue weighted by molar-refractivity contribution is -0.127. The first kappa shape index (κ1) is 20.5. The zero-order chi connectivity index (χ0) is 20.8. The highest BCUT2D eigenvalue weighted by Crippen LogP contribution is 2.40. The van der Waals surface area contributed by atoms with Gasteiger partial charge in [-0.15, -0.1) is 0 Å². The molecule has 29 heavy (non-hydrogen) atoms. The fourth-order valence-electron chi connectivity index (χ4n) is 4.42. The molecule has 0 aromatic carbocycles. The first-order chi connectivity index (χ1) is 13.7. The summed E-state index contributed by atoms with van der Waals surface area (Å²) in [4.78, 5) is 16.7. The zero-order valence-electron chi connectivity index (χ0n) is 16.4. The van der Waals surface area contributed by atoms with Crippen LogP contribution in [0.2, 0.25) is 5.02 Å². The summed E-state index contributed by atoms with van der Waals surface area (Å²) in [6, 6.07) is 1.30. The van der Waals surface area contributed by atoms with E-state index in [9.17, 15) is 13.6 Å². The van der Waals surface area contributed by atoms with E-state index in [0.717, 1.165) is 6.42 Å². The minimum Gasteiger partial charge on any atom is -0.356 e. The molecule has 1 unspecified atom stereocenters. The van der Waals surface area contributed by atoms with Crippen molar-refractivity contribution in [1.29, 1.82) is 0 Å². The smallest absolute Gasteiger partial charge is 0.248 e. The van der Waals surface area contributed by atoms with Crippen LogP contribution in [0.4, 0.5) is 8.78 Å². The zero-order valence-corrected chi connectivity index (χ0v) is 17.1. The maximum atomic E-state index is 13.4. The van der Waals surface area contributed by atoms with Crippen molar-refractivity contribution in [2.45, 2.75) is 57.4 Å². The maximum absolute atomic E-state index is 13.4. The monoisotopic (exact) mass is 425 g/mol. The number of nitrogens with two attached hydrogens (primary N) is 1. The van der Waals surface area contributed by atoms with Crippen LogP contribution >= 0.6 is 11.6 Å². The molecule has 6 nitrogen and oxygen atoms in total. The fourth-order valence-corrected chi connectivity index (χ4v) is 4.64. The number of hydrogen-bond donors (Lipinski definition) is 2. The lowest BCUT2D eigenvalue weighted by atomic mass is 9.81. The van der Waals surface area contributed by atoms with Crippen LogP contribution in [0.1, 0.15) is 56.5 Å². The number of amides is 1. The van der Waals surface area contributed by atoms with Crippen molar-refractivity contribution >= 4 is 23.2 Å². The Hall–Kier alpha value is -1.80. The summed E-state index contributed by atoms with van der Waals surface area (Å²) in [5.74, 6) is -2.32. The third kappa shape index (κ3) is 4.38. The number of carbonyl (C=O) groups excluding carboxylic acids is 1. The van der Waals surface area contributed by atoms with E-state index in [0.29, 0.717) is 53.8 Å². The average molecular weight is 426 g/mol. The van der Waals surface area contributed by atoms with Gasteiger partial charge in [-0.05, 0) is 31.1 Å². The predicted molar refractivity (Wildman–Crippen MR) is 106 cm³/mol. The van der Waals surface area contributed by atoms with Crippen LogP contribution in [-0.2, 0) is 11.2 Å². The number of halogens is 3. The molecule has 1 saturated heterocycles. The summed E-state index contributed by atoms with van der Waals surface area (Å²) in [5, 5.41) is 7.95. The molecule has 9 heteroatoms. The Morgan fingerprint density at radius 1 is 1.41 bits per heavy atom. The average Bonchev–Trinajstić information content (AvgIpc) is 3.07. The number of nitrogens with one attached hydrogen (secondary N) is 1. The van der Waals surface area contributed by atoms with Gasteiger partial charge in [-0.25, -0.2) is 18.3 Å². The summed E-state index contributed by atoms with van der Waals surface area (Å²) in [7, 11) is 0. The number of rotatable bonds is 4. The standard InChI is InChI=1S/C20H26ClF2N5O/c1-11-6-13(19(29)25-9-11)7-15-14(21)8-17-26-16(10-28(17)27-15)18(24)12-2-4-20(22,23)5-3-12/h8,10-13,18H,2-7,9,24H2,1H3,(H,25,29)/t11-,13?,18-/m0/s1. The normalized spacial score (nSPS) is 26.4. The highest BCUT2D eigenvalue weighted by Gasteiger charge is 2.37. The van der Waals surface area contributed by atoms with Crippen molar-refractivity contribution in [3.8, 4) is 0 Å². The van der Waals surface area contributed by atoms with Crippen molar-refractivity contribution in [3.63, 3.8) is 0 Å². The van der Waals surface area contributed by atoms with Gasteiger partial charge >= 0.3 is 0 Å². The first-order valence-electron chi connectivity index (χ1n) is 10.2. The summed E-state index contributed by atoms with van der Waals surface area (Å²) in [5.41, 5.74) is 8.18. The summed E-state index contributed by atoms with van der Waals surface area (Å²) in [6.07, 6.45) is 3.52. The summed E-state index contributed by atoms with van der Waals surface area (Å²) >= 11 is 6.41. The van der Waals surface area contributed by atoms with Gasteiger partial charge < -0.3 is 11.1 Å². The Morgan fingerprint density at radius 2 is 2.14 bits per heavy atom. The Morgan fingerprint density at radius 3 is 2.86 bits per heavy atom. The predicted octanol–water partition coefficient (Wildman–Crippen LogP) is 3.52. The summed E-state index contributed by atoms with van der Waals surface area (Å²) in [6.45, 7) is 2.81. The number of hydrogen-bond acceptors (Lipinski definition) is 4. The second kappa shape index (κ2) is 7.80. The Kier molecular flexibility index (Phi) is 5.50. The lowest BCUT2D eigenvalue weighted by Gasteiger charge is -2.31. The van der Waals surface area contributed by atoms with Crippen LogP contribution in [-0.4, -0.2) is 33.0 Å². The molecule has 2 fully saturated rings. The van der Waals surface area contributed by atoms with Gasteiger partial charge in [0.25, 0.3) is 0 Å². The molecule has 1 aliphatic heterocycles. The van der Waals surface area contributed by atoms with Crippen LogP contribution in [0, 0.1) is 17.8 Å². The third-order valence-electron chi connectivity index (χ3n) is 6.23. The van der Waals surface area contributed by atoms with Crippen LogP contribution < -0.4 is 11.1 Å². The largest absolute Gasteiger partial charge is 0.356 e. The number of piperidine rings is 1. The van der Waals surface area contributed by atoms with E-state index in [1.165, 1.54) is 0 Å². The fraction of sp³-hybridized carbons (Fsp3) is 0.650. The van der Waals surface area contributed by atoms with Crippen molar-refractivity contribution < 1.29 is 13.6 Å². The second-order valence-corrected chi connectivity index (χ2v) is 9.02. The van der Waals surface area contributed by atoms with Crippen molar-refractivity contribution in [1.82, 2.24) is 19.9 Å². The highest BCUT2D eigenvalue weighted by molar-refractivity contribution is 6.31. The van der Waals surface area contributed by atoms with Crippen LogP contribution in [0.5, 0.6) is 0 Å². The van der Waals surface area contributed by atoms with Gasteiger partial charge in [-0.2, -0.15) is 5.10 Å². The number of carbonyl (C=O) groups is 1. The highest BCUT2D eigenvalue weighted by atomic mass is 35.5. The van der Waals surface area contributed by atoms with Gasteiger partial charge in [0.1, 0.15) is 0 Å². The van der Waals surface area contributed by atoms with E-state index in [4.69, 9.17) is 17.3 Å². The third-order valence-corrected chi connectivity index (χ3v) is 6.55. The molecule has 4 rings (SSSR count). The number of nitrogens with zero attached hydrogens (tertiary/aromatic N) is 3. The molecule has 2 aromatic rings. The van der Waals surface area contributed by atoms with Crippen molar-refractivity contribution in [2.75, 3.05) is 6.54 Å². The van der Waals surface area contributed by atoms with E-state index in [-0.39, 0.29) is 30.6 Å². The van der Waals surface area contributed by atoms with E-state index in [1.54, 1.807) is 16.8 Å². The molecule has 0 spiro atoms. The number of imidazole rings is 1. The Labute approximate surface area is 173 Å². The number of fused-ring (bicyclic) bond motifs is 1. The molecule has 0 radical (unpaired) electrons. The van der Waals surface area contributed by atoms with Gasteiger partial charge in [0.2, 0.25) is 11.8 Å². The second-order valence-electron chi connectivity index (χ2n) is 8.61. The van der Waals surface area contributed by atoms with Gasteiger partial charge in [-0.3, -0.25) is 4.79 Å². The molecule has 1 amide bonds. The van der Waals surface area contributed by atoms with Crippen LogP contribution in [0.15, 0.2) is 12.3 Å². The van der Waals surface area contributed by atoms with Crippen molar-refractivity contribution in [2.24, 2.45) is 23.5 Å². The first-order valence-corrected chi connectivity index (χ1v) is 10.6. The SMILES string of the molecule is C[C@@H]1CNC(=O)C(Cc2nn3cc([C@@H](N)C4CCC(F)(F)CC4)nc3cc2Cl)C1. The lowest BCUT2D eigenvalue weighted by Crippen LogP contribution is -2.41. The molecule has 2 aromatic heterocycles. The molecule has 3 N–H and O–H groups in total. The molecule has 1 aliphatic carbocycles. The minimum absolute atomic E-state index is 0.0260. The summed E-state index contributed by atoms with van der Waals surface area (Å²) < 4.78 is 28.5. The van der Waals surface area contributed by atoms with E-state index >= 15 is 0 Å². The molecule has 1 saturated carbocycles. The molecular formula is C20H26ClF2N5O. The Balaban J connectivity index is 1.53. The minimum atomic E-state index is -2.58. The topological polar surface area (TPSA) is 85.3 Å². The van der Waals surface area contributed by atoms with E-state index < -0.39 is 12.0 Å². The maximum Gasteiger partial charge on any atom is 0.248 e.